The lowest BCUT2D eigenvalue weighted by atomic mass is 10.2. The van der Waals surface area contributed by atoms with Gasteiger partial charge in [-0.3, -0.25) is 4.79 Å². The first-order valence-electron chi connectivity index (χ1n) is 5.80. The van der Waals surface area contributed by atoms with Crippen molar-refractivity contribution in [2.45, 2.75) is 6.42 Å². The normalized spacial score (nSPS) is 10.6. The second-order valence-corrected chi connectivity index (χ2v) is 5.65. The van der Waals surface area contributed by atoms with E-state index < -0.39 is 0 Å². The summed E-state index contributed by atoms with van der Waals surface area (Å²) >= 11 is 13.3. The molecule has 1 N–H and O–H groups in total. The lowest BCUT2D eigenvalue weighted by molar-refractivity contribution is -0.117. The summed E-state index contributed by atoms with van der Waals surface area (Å²) in [5.74, 6) is -0.130. The summed E-state index contributed by atoms with van der Waals surface area (Å²) in [4.78, 5) is 15.9. The zero-order valence-corrected chi connectivity index (χ0v) is 13.0. The molecule has 0 spiro atoms. The Morgan fingerprint density at radius 3 is 2.95 bits per heavy atom. The highest BCUT2D eigenvalue weighted by Crippen LogP contribution is 2.32. The number of amides is 1. The molecule has 0 fully saturated rings. The number of ether oxygens (including phenoxy) is 1. The van der Waals surface area contributed by atoms with E-state index in [1.165, 1.54) is 11.3 Å². The number of hydrogen-bond donors (Lipinski definition) is 1. The number of hydrogen-bond acceptors (Lipinski definition) is 4. The Morgan fingerprint density at radius 2 is 2.25 bits per heavy atom. The molecule has 0 unspecified atom stereocenters. The van der Waals surface area contributed by atoms with Gasteiger partial charge in [-0.2, -0.15) is 0 Å². The summed E-state index contributed by atoms with van der Waals surface area (Å²) in [5, 5.41) is 6.18. The van der Waals surface area contributed by atoms with Gasteiger partial charge < -0.3 is 10.1 Å². The zero-order chi connectivity index (χ0) is 14.5. The minimum atomic E-state index is -0.130. The maximum Gasteiger partial charge on any atom is 0.228 e. The molecule has 1 amide bonds. The van der Waals surface area contributed by atoms with Crippen molar-refractivity contribution in [3.05, 3.63) is 33.6 Å². The SMILES string of the molecule is COCCC(=O)Nc1nc(-c2ccc(Cl)cc2Cl)cs1. The Labute approximate surface area is 130 Å². The van der Waals surface area contributed by atoms with Crippen molar-refractivity contribution in [2.75, 3.05) is 19.0 Å². The van der Waals surface area contributed by atoms with Gasteiger partial charge in [0.15, 0.2) is 5.13 Å². The van der Waals surface area contributed by atoms with E-state index in [1.54, 1.807) is 25.3 Å². The molecule has 0 aliphatic rings. The molecule has 0 saturated heterocycles. The van der Waals surface area contributed by atoms with Crippen LogP contribution in [-0.2, 0) is 9.53 Å². The molecule has 2 rings (SSSR count). The number of nitrogens with zero attached hydrogens (tertiary/aromatic N) is 1. The van der Waals surface area contributed by atoms with E-state index in [9.17, 15) is 4.79 Å². The molecule has 20 heavy (non-hydrogen) atoms. The lowest BCUT2D eigenvalue weighted by Crippen LogP contribution is -2.13. The zero-order valence-electron chi connectivity index (χ0n) is 10.7. The van der Waals surface area contributed by atoms with Gasteiger partial charge in [0.2, 0.25) is 5.91 Å². The number of thiazole rings is 1. The first-order valence-corrected chi connectivity index (χ1v) is 7.43. The van der Waals surface area contributed by atoms with Crippen LogP contribution in [0.25, 0.3) is 11.3 Å². The number of carbonyl (C=O) groups excluding carboxylic acids is 1. The molecule has 0 saturated carbocycles. The number of benzene rings is 1. The summed E-state index contributed by atoms with van der Waals surface area (Å²) in [6.45, 7) is 0.382. The van der Waals surface area contributed by atoms with Crippen molar-refractivity contribution in [3.8, 4) is 11.3 Å². The van der Waals surface area contributed by atoms with E-state index in [-0.39, 0.29) is 5.91 Å². The predicted octanol–water partition coefficient (Wildman–Crippen LogP) is 4.09. The van der Waals surface area contributed by atoms with Crippen LogP contribution in [0.5, 0.6) is 0 Å². The van der Waals surface area contributed by atoms with Crippen molar-refractivity contribution in [2.24, 2.45) is 0 Å². The molecule has 106 valence electrons. The highest BCUT2D eigenvalue weighted by molar-refractivity contribution is 7.14. The van der Waals surface area contributed by atoms with Crippen molar-refractivity contribution in [1.29, 1.82) is 0 Å². The van der Waals surface area contributed by atoms with Gasteiger partial charge in [-0.1, -0.05) is 23.2 Å². The Balaban J connectivity index is 2.10. The van der Waals surface area contributed by atoms with Crippen LogP contribution in [0, 0.1) is 0 Å². The van der Waals surface area contributed by atoms with Crippen LogP contribution in [0.15, 0.2) is 23.6 Å². The summed E-state index contributed by atoms with van der Waals surface area (Å²) < 4.78 is 4.84. The fourth-order valence-corrected chi connectivity index (χ4v) is 2.76. The minimum absolute atomic E-state index is 0.130. The Kier molecular flexibility index (Phi) is 5.37. The third-order valence-electron chi connectivity index (χ3n) is 2.49. The second kappa shape index (κ2) is 7.04. The van der Waals surface area contributed by atoms with E-state index in [2.05, 4.69) is 10.3 Å². The van der Waals surface area contributed by atoms with Gasteiger partial charge in [0.05, 0.1) is 23.7 Å². The molecule has 1 aromatic heterocycles. The Bertz CT molecular complexity index is 616. The van der Waals surface area contributed by atoms with E-state index in [0.717, 1.165) is 5.56 Å². The minimum Gasteiger partial charge on any atom is -0.384 e. The number of carbonyl (C=O) groups is 1. The van der Waals surface area contributed by atoms with Crippen LogP contribution in [0.1, 0.15) is 6.42 Å². The number of methoxy groups -OCH3 is 1. The topological polar surface area (TPSA) is 51.2 Å². The summed E-state index contributed by atoms with van der Waals surface area (Å²) in [6.07, 6.45) is 0.299. The molecule has 7 heteroatoms. The molecule has 0 atom stereocenters. The number of anilines is 1. The van der Waals surface area contributed by atoms with E-state index >= 15 is 0 Å². The van der Waals surface area contributed by atoms with Gasteiger partial charge >= 0.3 is 0 Å². The molecular formula is C13H12Cl2N2O2S. The van der Waals surface area contributed by atoms with Crippen molar-refractivity contribution in [1.82, 2.24) is 4.98 Å². The van der Waals surface area contributed by atoms with Crippen LogP contribution < -0.4 is 5.32 Å². The third kappa shape index (κ3) is 3.93. The lowest BCUT2D eigenvalue weighted by Gasteiger charge is -2.02. The third-order valence-corrected chi connectivity index (χ3v) is 3.80. The standard InChI is InChI=1S/C13H12Cl2N2O2S/c1-19-5-4-12(18)17-13-16-11(7-20-13)9-3-2-8(14)6-10(9)15/h2-3,6-7H,4-5H2,1H3,(H,16,17,18). The van der Waals surface area contributed by atoms with Crippen molar-refractivity contribution >= 4 is 45.6 Å². The van der Waals surface area contributed by atoms with Gasteiger partial charge in [0.1, 0.15) is 0 Å². The summed E-state index contributed by atoms with van der Waals surface area (Å²) in [7, 11) is 1.55. The van der Waals surface area contributed by atoms with Gasteiger partial charge in [0, 0.05) is 23.1 Å². The van der Waals surface area contributed by atoms with Crippen LogP contribution in [0.3, 0.4) is 0 Å². The Hall–Kier alpha value is -1.14. The highest BCUT2D eigenvalue weighted by atomic mass is 35.5. The monoisotopic (exact) mass is 330 g/mol. The number of nitrogens with one attached hydrogen (secondary N) is 1. The number of rotatable bonds is 5. The molecule has 1 aromatic carbocycles. The van der Waals surface area contributed by atoms with Crippen LogP contribution in [0.2, 0.25) is 10.0 Å². The molecule has 0 radical (unpaired) electrons. The average Bonchev–Trinajstić information content (AvgIpc) is 2.84. The molecule has 1 heterocycles. The quantitative estimate of drug-likeness (QED) is 0.898. The number of halogens is 2. The molecule has 0 bridgehead atoms. The fourth-order valence-electron chi connectivity index (χ4n) is 1.53. The molecule has 4 nitrogen and oxygen atoms in total. The van der Waals surface area contributed by atoms with Gasteiger partial charge in [-0.05, 0) is 18.2 Å². The molecule has 2 aromatic rings. The van der Waals surface area contributed by atoms with Gasteiger partial charge in [-0.15, -0.1) is 11.3 Å². The summed E-state index contributed by atoms with van der Waals surface area (Å²) in [5.41, 5.74) is 1.49. The smallest absolute Gasteiger partial charge is 0.228 e. The van der Waals surface area contributed by atoms with Crippen LogP contribution in [-0.4, -0.2) is 24.6 Å². The largest absolute Gasteiger partial charge is 0.384 e. The van der Waals surface area contributed by atoms with Crippen LogP contribution >= 0.6 is 34.5 Å². The van der Waals surface area contributed by atoms with Gasteiger partial charge in [-0.25, -0.2) is 4.98 Å². The first kappa shape index (κ1) is 15.3. The van der Waals surface area contributed by atoms with E-state index in [4.69, 9.17) is 27.9 Å². The second-order valence-electron chi connectivity index (χ2n) is 3.95. The average molecular weight is 331 g/mol. The van der Waals surface area contributed by atoms with E-state index in [1.807, 2.05) is 5.38 Å². The fraction of sp³-hybridized carbons (Fsp3) is 0.231. The first-order chi connectivity index (χ1) is 9.60. The molecular weight excluding hydrogens is 319 g/mol. The van der Waals surface area contributed by atoms with Crippen molar-refractivity contribution < 1.29 is 9.53 Å². The van der Waals surface area contributed by atoms with Gasteiger partial charge in [0.25, 0.3) is 0 Å². The summed E-state index contributed by atoms with van der Waals surface area (Å²) in [6, 6.07) is 5.21. The maximum absolute atomic E-state index is 11.6. The van der Waals surface area contributed by atoms with Crippen LogP contribution in [0.4, 0.5) is 5.13 Å². The number of aromatic nitrogens is 1. The molecule has 0 aliphatic heterocycles. The predicted molar refractivity (Wildman–Crippen MR) is 82.7 cm³/mol. The van der Waals surface area contributed by atoms with E-state index in [0.29, 0.717) is 33.9 Å². The maximum atomic E-state index is 11.6. The molecule has 0 aliphatic carbocycles. The Morgan fingerprint density at radius 1 is 1.45 bits per heavy atom. The van der Waals surface area contributed by atoms with Crippen molar-refractivity contribution in [3.63, 3.8) is 0 Å². The highest BCUT2D eigenvalue weighted by Gasteiger charge is 2.10.